The monoisotopic (exact) mass is 370 g/mol. The van der Waals surface area contributed by atoms with Crippen molar-refractivity contribution in [2.75, 3.05) is 45.3 Å². The van der Waals surface area contributed by atoms with Crippen molar-refractivity contribution in [3.63, 3.8) is 0 Å². The molecule has 1 fully saturated rings. The molecule has 0 unspecified atom stereocenters. The average molecular weight is 370 g/mol. The Morgan fingerprint density at radius 3 is 2.65 bits per heavy atom. The van der Waals surface area contributed by atoms with E-state index in [1.807, 2.05) is 12.1 Å². The molecule has 0 radical (unpaired) electrons. The van der Waals surface area contributed by atoms with Crippen molar-refractivity contribution in [2.45, 2.75) is 6.54 Å². The van der Waals surface area contributed by atoms with Crippen LogP contribution < -0.4 is 14.4 Å². The number of hydrogen-bond donors (Lipinski definition) is 0. The van der Waals surface area contributed by atoms with Crippen LogP contribution in [-0.2, 0) is 6.54 Å². The number of nitrogens with zero attached hydrogens (tertiary/aromatic N) is 4. The van der Waals surface area contributed by atoms with E-state index in [1.165, 1.54) is 0 Å². The molecule has 0 N–H and O–H groups in total. The van der Waals surface area contributed by atoms with Gasteiger partial charge in [-0.05, 0) is 29.6 Å². The SMILES string of the molecule is COc1ccc(OC)c(CN2CCN(c3ncnc4sccc34)CC2)c1. The number of rotatable bonds is 5. The van der Waals surface area contributed by atoms with Crippen molar-refractivity contribution in [3.8, 4) is 11.5 Å². The fourth-order valence-electron chi connectivity index (χ4n) is 3.39. The van der Waals surface area contributed by atoms with Crippen molar-refractivity contribution < 1.29 is 9.47 Å². The van der Waals surface area contributed by atoms with E-state index >= 15 is 0 Å². The van der Waals surface area contributed by atoms with Gasteiger partial charge < -0.3 is 14.4 Å². The van der Waals surface area contributed by atoms with E-state index in [1.54, 1.807) is 31.9 Å². The van der Waals surface area contributed by atoms with Gasteiger partial charge in [-0.3, -0.25) is 4.90 Å². The Bertz CT molecular complexity index is 890. The van der Waals surface area contributed by atoms with Gasteiger partial charge in [-0.1, -0.05) is 0 Å². The molecule has 1 aliphatic rings. The Hall–Kier alpha value is -2.38. The number of fused-ring (bicyclic) bond motifs is 1. The van der Waals surface area contributed by atoms with Crippen LogP contribution in [0.5, 0.6) is 11.5 Å². The maximum Gasteiger partial charge on any atom is 0.140 e. The van der Waals surface area contributed by atoms with Crippen LogP contribution in [0, 0.1) is 0 Å². The lowest BCUT2D eigenvalue weighted by atomic mass is 10.1. The normalized spacial score (nSPS) is 15.4. The Morgan fingerprint density at radius 2 is 1.88 bits per heavy atom. The van der Waals surface area contributed by atoms with Gasteiger partial charge in [-0.2, -0.15) is 0 Å². The minimum atomic E-state index is 0.853. The van der Waals surface area contributed by atoms with Gasteiger partial charge in [-0.15, -0.1) is 11.3 Å². The van der Waals surface area contributed by atoms with E-state index in [0.29, 0.717) is 0 Å². The minimum absolute atomic E-state index is 0.853. The van der Waals surface area contributed by atoms with Gasteiger partial charge in [0.25, 0.3) is 0 Å². The minimum Gasteiger partial charge on any atom is -0.497 e. The summed E-state index contributed by atoms with van der Waals surface area (Å²) in [7, 11) is 3.40. The second kappa shape index (κ2) is 7.47. The lowest BCUT2D eigenvalue weighted by Gasteiger charge is -2.35. The third-order valence-corrected chi connectivity index (χ3v) is 5.61. The molecule has 0 amide bonds. The van der Waals surface area contributed by atoms with Gasteiger partial charge in [0.2, 0.25) is 0 Å². The zero-order chi connectivity index (χ0) is 17.9. The Morgan fingerprint density at radius 1 is 1.04 bits per heavy atom. The number of benzene rings is 1. The smallest absolute Gasteiger partial charge is 0.140 e. The molecule has 3 heterocycles. The summed E-state index contributed by atoms with van der Waals surface area (Å²) in [4.78, 5) is 14.7. The molecule has 26 heavy (non-hydrogen) atoms. The first kappa shape index (κ1) is 17.1. The molecule has 1 aromatic carbocycles. The van der Waals surface area contributed by atoms with Crippen LogP contribution in [0.3, 0.4) is 0 Å². The van der Waals surface area contributed by atoms with Crippen molar-refractivity contribution in [3.05, 3.63) is 41.5 Å². The summed E-state index contributed by atoms with van der Waals surface area (Å²) < 4.78 is 10.9. The summed E-state index contributed by atoms with van der Waals surface area (Å²) >= 11 is 1.66. The van der Waals surface area contributed by atoms with Crippen molar-refractivity contribution >= 4 is 27.4 Å². The van der Waals surface area contributed by atoms with Crippen LogP contribution in [0.1, 0.15) is 5.56 Å². The van der Waals surface area contributed by atoms with Crippen LogP contribution >= 0.6 is 11.3 Å². The molecule has 136 valence electrons. The molecular weight excluding hydrogens is 348 g/mol. The topological polar surface area (TPSA) is 50.7 Å². The Labute approximate surface area is 157 Å². The zero-order valence-electron chi connectivity index (χ0n) is 15.0. The first-order valence-corrected chi connectivity index (χ1v) is 9.53. The van der Waals surface area contributed by atoms with E-state index in [-0.39, 0.29) is 0 Å². The van der Waals surface area contributed by atoms with Crippen LogP contribution in [0.4, 0.5) is 5.82 Å². The first-order valence-electron chi connectivity index (χ1n) is 8.65. The largest absolute Gasteiger partial charge is 0.497 e. The zero-order valence-corrected chi connectivity index (χ0v) is 15.8. The molecule has 0 atom stereocenters. The Kier molecular flexibility index (Phi) is 4.90. The number of aromatic nitrogens is 2. The predicted octanol–water partition coefficient (Wildman–Crippen LogP) is 3.03. The fraction of sp³-hybridized carbons (Fsp3) is 0.368. The highest BCUT2D eigenvalue weighted by Crippen LogP contribution is 2.29. The summed E-state index contributed by atoms with van der Waals surface area (Å²) in [6, 6.07) is 8.08. The van der Waals surface area contributed by atoms with E-state index < -0.39 is 0 Å². The van der Waals surface area contributed by atoms with Crippen LogP contribution in [0.15, 0.2) is 36.0 Å². The van der Waals surface area contributed by atoms with Gasteiger partial charge in [0, 0.05) is 38.3 Å². The van der Waals surface area contributed by atoms with Gasteiger partial charge >= 0.3 is 0 Å². The maximum atomic E-state index is 5.51. The van der Waals surface area contributed by atoms with Crippen LogP contribution in [-0.4, -0.2) is 55.3 Å². The number of anilines is 1. The van der Waals surface area contributed by atoms with Gasteiger partial charge in [0.1, 0.15) is 28.5 Å². The number of hydrogen-bond acceptors (Lipinski definition) is 7. The third-order valence-electron chi connectivity index (χ3n) is 4.79. The number of thiophene rings is 1. The number of ether oxygens (including phenoxy) is 2. The van der Waals surface area contributed by atoms with E-state index in [0.717, 1.165) is 65.8 Å². The average Bonchev–Trinajstić information content (AvgIpc) is 3.17. The molecular formula is C19H22N4O2S. The number of methoxy groups -OCH3 is 2. The van der Waals surface area contributed by atoms with Crippen molar-refractivity contribution in [2.24, 2.45) is 0 Å². The molecule has 1 saturated heterocycles. The summed E-state index contributed by atoms with van der Waals surface area (Å²) in [5.41, 5.74) is 1.16. The molecule has 1 aliphatic heterocycles. The quantitative estimate of drug-likeness (QED) is 0.688. The highest BCUT2D eigenvalue weighted by molar-refractivity contribution is 7.16. The van der Waals surface area contributed by atoms with E-state index in [4.69, 9.17) is 9.47 Å². The summed E-state index contributed by atoms with van der Waals surface area (Å²) in [5, 5.41) is 3.23. The lowest BCUT2D eigenvalue weighted by molar-refractivity contribution is 0.245. The molecule has 2 aromatic heterocycles. The van der Waals surface area contributed by atoms with E-state index in [9.17, 15) is 0 Å². The lowest BCUT2D eigenvalue weighted by Crippen LogP contribution is -2.46. The molecule has 0 aliphatic carbocycles. The first-order chi connectivity index (χ1) is 12.8. The van der Waals surface area contributed by atoms with Crippen molar-refractivity contribution in [1.29, 1.82) is 0 Å². The molecule has 6 nitrogen and oxygen atoms in total. The molecule has 4 rings (SSSR count). The highest BCUT2D eigenvalue weighted by Gasteiger charge is 2.21. The summed E-state index contributed by atoms with van der Waals surface area (Å²) in [6.45, 7) is 4.72. The highest BCUT2D eigenvalue weighted by atomic mass is 32.1. The molecule has 0 spiro atoms. The van der Waals surface area contributed by atoms with Crippen molar-refractivity contribution in [1.82, 2.24) is 14.9 Å². The summed E-state index contributed by atoms with van der Waals surface area (Å²) in [6.07, 6.45) is 1.67. The van der Waals surface area contributed by atoms with Crippen LogP contribution in [0.25, 0.3) is 10.2 Å². The third kappa shape index (κ3) is 3.32. The van der Waals surface area contributed by atoms with Crippen LogP contribution in [0.2, 0.25) is 0 Å². The maximum absolute atomic E-state index is 5.51. The molecule has 0 bridgehead atoms. The fourth-order valence-corrected chi connectivity index (χ4v) is 4.12. The van der Waals surface area contributed by atoms with Gasteiger partial charge in [-0.25, -0.2) is 9.97 Å². The molecule has 7 heteroatoms. The standard InChI is InChI=1S/C19H22N4O2S/c1-24-15-3-4-17(25-2)14(11-15)12-22-6-8-23(9-7-22)18-16-5-10-26-19(16)21-13-20-18/h3-5,10-11,13H,6-9,12H2,1-2H3. The Balaban J connectivity index is 1.45. The van der Waals surface area contributed by atoms with Gasteiger partial charge in [0.05, 0.1) is 19.6 Å². The molecule has 3 aromatic rings. The second-order valence-electron chi connectivity index (χ2n) is 6.28. The molecule has 0 saturated carbocycles. The van der Waals surface area contributed by atoms with E-state index in [2.05, 4.69) is 37.3 Å². The predicted molar refractivity (Wildman–Crippen MR) is 104 cm³/mol. The second-order valence-corrected chi connectivity index (χ2v) is 7.17. The number of piperazine rings is 1. The van der Waals surface area contributed by atoms with Gasteiger partial charge in [0.15, 0.2) is 0 Å². The summed E-state index contributed by atoms with van der Waals surface area (Å²) in [5.74, 6) is 2.82.